The summed E-state index contributed by atoms with van der Waals surface area (Å²) in [4.78, 5) is 24.2. The molecule has 2 aromatic rings. The third-order valence-electron chi connectivity index (χ3n) is 5.24. The van der Waals surface area contributed by atoms with Gasteiger partial charge in [0, 0.05) is 56.4 Å². The molecule has 0 unspecified atom stereocenters. The van der Waals surface area contributed by atoms with Gasteiger partial charge in [-0.05, 0) is 31.0 Å². The van der Waals surface area contributed by atoms with Gasteiger partial charge in [-0.2, -0.15) is 0 Å². The molecule has 2 heterocycles. The number of carbonyl (C=O) groups excluding carboxylic acids is 1. The molecule has 0 spiro atoms. The minimum Gasteiger partial charge on any atom is -0.384 e. The first-order valence-electron chi connectivity index (χ1n) is 9.99. The summed E-state index contributed by atoms with van der Waals surface area (Å²) in [5, 5.41) is 0. The summed E-state index contributed by atoms with van der Waals surface area (Å²) in [6, 6.07) is 12.1. The number of carbonyl (C=O) groups is 1. The first-order valence-corrected chi connectivity index (χ1v) is 9.99. The molecule has 5 heteroatoms. The average molecular weight is 380 g/mol. The highest BCUT2D eigenvalue weighted by molar-refractivity contribution is 6.01. The predicted molar refractivity (Wildman–Crippen MR) is 112 cm³/mol. The van der Waals surface area contributed by atoms with Crippen molar-refractivity contribution in [2.75, 3.05) is 26.8 Å². The fraction of sp³-hybridized carbons (Fsp3) is 0.435. The van der Waals surface area contributed by atoms with Gasteiger partial charge in [-0.3, -0.25) is 14.8 Å². The Labute approximate surface area is 167 Å². The number of hydrogen-bond acceptors (Lipinski definition) is 5. The zero-order valence-electron chi connectivity index (χ0n) is 17.0. The Morgan fingerprint density at radius 1 is 1.21 bits per heavy atom. The normalized spacial score (nSPS) is 13.8. The lowest BCUT2D eigenvalue weighted by Crippen LogP contribution is -2.30. The Kier molecular flexibility index (Phi) is 6.93. The van der Waals surface area contributed by atoms with E-state index in [0.717, 1.165) is 41.3 Å². The summed E-state index contributed by atoms with van der Waals surface area (Å²) in [6.45, 7) is 7.32. The molecule has 0 aliphatic carbocycles. The second-order valence-electron chi connectivity index (χ2n) is 7.13. The number of nitrogens with zero attached hydrogens (tertiary/aromatic N) is 3. The van der Waals surface area contributed by atoms with Gasteiger partial charge in [0.15, 0.2) is 0 Å². The van der Waals surface area contributed by atoms with Crippen LogP contribution in [0, 0.1) is 0 Å². The van der Waals surface area contributed by atoms with Crippen LogP contribution in [-0.4, -0.2) is 48.3 Å². The largest absolute Gasteiger partial charge is 0.384 e. The van der Waals surface area contributed by atoms with Gasteiger partial charge >= 0.3 is 0 Å². The van der Waals surface area contributed by atoms with Crippen LogP contribution in [0.4, 0.5) is 0 Å². The topological polar surface area (TPSA) is 54.8 Å². The number of methoxy groups -OCH3 is 1. The summed E-state index contributed by atoms with van der Waals surface area (Å²) in [5.74, 6) is 1.28. The molecule has 0 fully saturated rings. The van der Waals surface area contributed by atoms with Crippen molar-refractivity contribution in [2.24, 2.45) is 4.99 Å². The predicted octanol–water partition coefficient (Wildman–Crippen LogP) is 3.62. The summed E-state index contributed by atoms with van der Waals surface area (Å²) < 4.78 is 5.34. The van der Waals surface area contributed by atoms with Crippen LogP contribution in [0.25, 0.3) is 0 Å². The lowest BCUT2D eigenvalue weighted by molar-refractivity contribution is -0.119. The van der Waals surface area contributed by atoms with E-state index in [-0.39, 0.29) is 11.7 Å². The molecule has 0 radical (unpaired) electrons. The van der Waals surface area contributed by atoms with E-state index < -0.39 is 0 Å². The zero-order chi connectivity index (χ0) is 19.9. The Morgan fingerprint density at radius 3 is 2.64 bits per heavy atom. The summed E-state index contributed by atoms with van der Waals surface area (Å²) >= 11 is 0. The molecule has 3 rings (SSSR count). The number of aromatic nitrogens is 1. The van der Waals surface area contributed by atoms with E-state index in [9.17, 15) is 4.79 Å². The maximum absolute atomic E-state index is 12.7. The molecule has 1 atom stereocenters. The molecule has 1 aliphatic rings. The quantitative estimate of drug-likeness (QED) is 0.668. The van der Waals surface area contributed by atoms with Gasteiger partial charge in [0.2, 0.25) is 0 Å². The minimum absolute atomic E-state index is 0.0747. The molecule has 0 saturated carbocycles. The number of benzene rings is 1. The monoisotopic (exact) mass is 379 g/mol. The number of ketones is 1. The first kappa shape index (κ1) is 20.2. The molecule has 0 N–H and O–H groups in total. The van der Waals surface area contributed by atoms with Crippen molar-refractivity contribution in [3.63, 3.8) is 0 Å². The van der Waals surface area contributed by atoms with E-state index in [2.05, 4.69) is 40.9 Å². The van der Waals surface area contributed by atoms with Crippen molar-refractivity contribution in [3.8, 4) is 0 Å². The fourth-order valence-corrected chi connectivity index (χ4v) is 3.76. The van der Waals surface area contributed by atoms with Crippen LogP contribution in [0.15, 0.2) is 47.6 Å². The Balaban J connectivity index is 1.67. The molecule has 1 aromatic carbocycles. The van der Waals surface area contributed by atoms with Gasteiger partial charge in [-0.1, -0.05) is 30.3 Å². The van der Waals surface area contributed by atoms with E-state index in [4.69, 9.17) is 4.74 Å². The number of rotatable bonds is 9. The fourth-order valence-electron chi connectivity index (χ4n) is 3.76. The van der Waals surface area contributed by atoms with Crippen LogP contribution in [0.5, 0.6) is 0 Å². The van der Waals surface area contributed by atoms with Gasteiger partial charge in [0.05, 0.1) is 13.2 Å². The molecule has 28 heavy (non-hydrogen) atoms. The van der Waals surface area contributed by atoms with Crippen molar-refractivity contribution >= 4 is 11.6 Å². The van der Waals surface area contributed by atoms with Crippen LogP contribution < -0.4 is 0 Å². The van der Waals surface area contributed by atoms with E-state index >= 15 is 0 Å². The molecular formula is C23H29N3O2. The Bertz CT molecular complexity index is 829. The number of Topliss-reactive ketones (excluding diaryl/α,β-unsaturated/α-hetero) is 1. The van der Waals surface area contributed by atoms with Crippen molar-refractivity contribution in [1.82, 2.24) is 9.88 Å². The molecule has 0 amide bonds. The lowest BCUT2D eigenvalue weighted by Gasteiger charge is -2.21. The number of fused-ring (bicyclic) bond motifs is 1. The van der Waals surface area contributed by atoms with E-state index in [1.54, 1.807) is 7.11 Å². The van der Waals surface area contributed by atoms with Crippen LogP contribution in [0.3, 0.4) is 0 Å². The van der Waals surface area contributed by atoms with E-state index in [1.165, 1.54) is 0 Å². The molecular weight excluding hydrogens is 350 g/mol. The molecule has 148 valence electrons. The maximum atomic E-state index is 12.7. The van der Waals surface area contributed by atoms with Crippen LogP contribution >= 0.6 is 0 Å². The van der Waals surface area contributed by atoms with Gasteiger partial charge < -0.3 is 9.64 Å². The highest BCUT2D eigenvalue weighted by Crippen LogP contribution is 2.23. The number of pyridine rings is 1. The standard InChI is InChI=1S/C23H29N3O2/c1-4-26(5-2)23-22-15-24-20(11-18(22)14-25-23)13-21(27)12-19(16-28-3)17-9-7-6-8-10-17/h6-11,15,19H,4-5,12-14,16H2,1-3H3/t19-/m1/s1. The summed E-state index contributed by atoms with van der Waals surface area (Å²) in [5.41, 5.74) is 4.22. The zero-order valence-corrected chi connectivity index (χ0v) is 17.0. The minimum atomic E-state index is 0.0747. The van der Waals surface area contributed by atoms with E-state index in [0.29, 0.717) is 26.0 Å². The molecule has 1 aliphatic heterocycles. The summed E-state index contributed by atoms with van der Waals surface area (Å²) in [7, 11) is 1.68. The summed E-state index contributed by atoms with van der Waals surface area (Å²) in [6.07, 6.45) is 2.69. The SMILES string of the molecule is CCN(CC)C1=NCc2cc(CC(=O)C[C@H](COC)c3ccccc3)ncc21. The van der Waals surface area contributed by atoms with Crippen molar-refractivity contribution in [1.29, 1.82) is 0 Å². The highest BCUT2D eigenvalue weighted by Gasteiger charge is 2.22. The third kappa shape index (κ3) is 4.65. The van der Waals surface area contributed by atoms with Crippen LogP contribution in [0.2, 0.25) is 0 Å². The average Bonchev–Trinajstić information content (AvgIpc) is 3.12. The number of ether oxygens (including phenoxy) is 1. The lowest BCUT2D eigenvalue weighted by atomic mass is 9.93. The molecule has 0 saturated heterocycles. The van der Waals surface area contributed by atoms with Crippen molar-refractivity contribution in [3.05, 3.63) is 65.0 Å². The molecule has 5 nitrogen and oxygen atoms in total. The first-order chi connectivity index (χ1) is 13.7. The van der Waals surface area contributed by atoms with Crippen molar-refractivity contribution in [2.45, 2.75) is 39.2 Å². The Morgan fingerprint density at radius 2 is 1.96 bits per heavy atom. The van der Waals surface area contributed by atoms with Gasteiger partial charge in [0.25, 0.3) is 0 Å². The van der Waals surface area contributed by atoms with Gasteiger partial charge in [-0.25, -0.2) is 0 Å². The Hall–Kier alpha value is -2.53. The second kappa shape index (κ2) is 9.60. The maximum Gasteiger partial charge on any atom is 0.139 e. The number of hydrogen-bond donors (Lipinski definition) is 0. The second-order valence-corrected chi connectivity index (χ2v) is 7.13. The van der Waals surface area contributed by atoms with Crippen molar-refractivity contribution < 1.29 is 9.53 Å². The van der Waals surface area contributed by atoms with E-state index in [1.807, 2.05) is 30.5 Å². The molecule has 0 bridgehead atoms. The van der Waals surface area contributed by atoms with Crippen LogP contribution in [0.1, 0.15) is 48.6 Å². The van der Waals surface area contributed by atoms with Crippen LogP contribution in [-0.2, 0) is 22.5 Å². The third-order valence-corrected chi connectivity index (χ3v) is 5.24. The number of aliphatic imine (C=N–C) groups is 1. The smallest absolute Gasteiger partial charge is 0.139 e. The van der Waals surface area contributed by atoms with Gasteiger partial charge in [0.1, 0.15) is 11.6 Å². The molecule has 1 aromatic heterocycles. The highest BCUT2D eigenvalue weighted by atomic mass is 16.5. The van der Waals surface area contributed by atoms with Gasteiger partial charge in [-0.15, -0.1) is 0 Å². The number of amidine groups is 1.